The molecule has 1 aliphatic carbocycles. The zero-order valence-electron chi connectivity index (χ0n) is 11.1. The minimum atomic E-state index is -2.82. The molecule has 0 spiro atoms. The van der Waals surface area contributed by atoms with Gasteiger partial charge >= 0.3 is 6.43 Å². The van der Waals surface area contributed by atoms with Crippen LogP contribution in [0.25, 0.3) is 11.5 Å². The Hall–Kier alpha value is -2.38. The molecule has 1 aliphatic rings. The van der Waals surface area contributed by atoms with Gasteiger partial charge in [0, 0.05) is 11.7 Å². The standard InChI is InChI=1S/C13H12F2N4O2/c1-13(4-5-13)17-10(20)8-3-2-7(6-16-8)11-18-19-12(21-11)9(14)15/h2-3,6,9H,4-5H2,1H3,(H,17,20). The van der Waals surface area contributed by atoms with Crippen molar-refractivity contribution in [2.45, 2.75) is 31.7 Å². The number of hydrogen-bond acceptors (Lipinski definition) is 5. The van der Waals surface area contributed by atoms with Crippen LogP contribution in [0.15, 0.2) is 22.7 Å². The largest absolute Gasteiger partial charge is 0.415 e. The van der Waals surface area contributed by atoms with Crippen LogP contribution in [-0.2, 0) is 0 Å². The van der Waals surface area contributed by atoms with Crippen LogP contribution in [0.1, 0.15) is 42.6 Å². The van der Waals surface area contributed by atoms with Crippen LogP contribution in [0.2, 0.25) is 0 Å². The Kier molecular flexibility index (Phi) is 3.15. The fraction of sp³-hybridized carbons (Fsp3) is 0.385. The molecule has 0 bridgehead atoms. The number of carbonyl (C=O) groups is 1. The van der Waals surface area contributed by atoms with Crippen molar-refractivity contribution in [2.24, 2.45) is 0 Å². The lowest BCUT2D eigenvalue weighted by atomic mass is 10.2. The fourth-order valence-corrected chi connectivity index (χ4v) is 1.74. The van der Waals surface area contributed by atoms with Gasteiger partial charge in [-0.05, 0) is 31.9 Å². The molecule has 21 heavy (non-hydrogen) atoms. The first-order valence-corrected chi connectivity index (χ1v) is 6.37. The number of hydrogen-bond donors (Lipinski definition) is 1. The number of aromatic nitrogens is 3. The molecule has 0 aliphatic heterocycles. The second-order valence-corrected chi connectivity index (χ2v) is 5.19. The number of nitrogens with one attached hydrogen (secondary N) is 1. The molecule has 3 rings (SSSR count). The van der Waals surface area contributed by atoms with Gasteiger partial charge in [-0.25, -0.2) is 0 Å². The topological polar surface area (TPSA) is 80.9 Å². The molecule has 1 N–H and O–H groups in total. The molecule has 110 valence electrons. The second kappa shape index (κ2) is 4.87. The Bertz CT molecular complexity index is 665. The Morgan fingerprint density at radius 1 is 1.38 bits per heavy atom. The van der Waals surface area contributed by atoms with Crippen molar-refractivity contribution in [3.63, 3.8) is 0 Å². The van der Waals surface area contributed by atoms with E-state index in [9.17, 15) is 13.6 Å². The summed E-state index contributed by atoms with van der Waals surface area (Å²) in [5.74, 6) is -1.06. The molecule has 8 heteroatoms. The van der Waals surface area contributed by atoms with Crippen molar-refractivity contribution in [1.82, 2.24) is 20.5 Å². The summed E-state index contributed by atoms with van der Waals surface area (Å²) in [6, 6.07) is 3.02. The Labute approximate surface area is 118 Å². The van der Waals surface area contributed by atoms with E-state index in [-0.39, 0.29) is 23.0 Å². The van der Waals surface area contributed by atoms with Crippen molar-refractivity contribution in [3.8, 4) is 11.5 Å². The van der Waals surface area contributed by atoms with Gasteiger partial charge in [-0.3, -0.25) is 9.78 Å². The molecule has 0 aromatic carbocycles. The van der Waals surface area contributed by atoms with E-state index in [1.165, 1.54) is 18.3 Å². The van der Waals surface area contributed by atoms with E-state index in [0.29, 0.717) is 5.56 Å². The zero-order valence-corrected chi connectivity index (χ0v) is 11.1. The minimum Gasteiger partial charge on any atom is -0.415 e. The minimum absolute atomic E-state index is 0.0566. The van der Waals surface area contributed by atoms with Crippen LogP contribution in [0.5, 0.6) is 0 Å². The van der Waals surface area contributed by atoms with Gasteiger partial charge in [0.05, 0.1) is 5.56 Å². The molecule has 0 radical (unpaired) electrons. The van der Waals surface area contributed by atoms with E-state index in [1.807, 2.05) is 6.92 Å². The van der Waals surface area contributed by atoms with Crippen LogP contribution >= 0.6 is 0 Å². The lowest BCUT2D eigenvalue weighted by Crippen LogP contribution is -2.34. The second-order valence-electron chi connectivity index (χ2n) is 5.19. The first kappa shape index (κ1) is 13.6. The van der Waals surface area contributed by atoms with Gasteiger partial charge in [0.1, 0.15) is 5.69 Å². The molecule has 0 saturated heterocycles. The summed E-state index contributed by atoms with van der Waals surface area (Å²) in [5.41, 5.74) is 0.500. The van der Waals surface area contributed by atoms with Crippen LogP contribution in [0.4, 0.5) is 8.78 Å². The van der Waals surface area contributed by atoms with Gasteiger partial charge in [0.25, 0.3) is 11.8 Å². The number of rotatable bonds is 4. The number of carbonyl (C=O) groups excluding carboxylic acids is 1. The van der Waals surface area contributed by atoms with Gasteiger partial charge in [-0.1, -0.05) is 0 Å². The first-order valence-electron chi connectivity index (χ1n) is 6.37. The van der Waals surface area contributed by atoms with Gasteiger partial charge in [-0.15, -0.1) is 10.2 Å². The lowest BCUT2D eigenvalue weighted by Gasteiger charge is -2.10. The van der Waals surface area contributed by atoms with Crippen LogP contribution in [0, 0.1) is 0 Å². The van der Waals surface area contributed by atoms with E-state index >= 15 is 0 Å². The van der Waals surface area contributed by atoms with Crippen molar-refractivity contribution >= 4 is 5.91 Å². The van der Waals surface area contributed by atoms with E-state index in [4.69, 9.17) is 4.42 Å². The Morgan fingerprint density at radius 3 is 2.67 bits per heavy atom. The zero-order chi connectivity index (χ0) is 15.0. The summed E-state index contributed by atoms with van der Waals surface area (Å²) in [5, 5.41) is 9.62. The first-order chi connectivity index (χ1) is 9.97. The summed E-state index contributed by atoms with van der Waals surface area (Å²) in [6.07, 6.45) is 0.431. The third-order valence-corrected chi connectivity index (χ3v) is 3.29. The SMILES string of the molecule is CC1(NC(=O)c2ccc(-c3nnc(C(F)F)o3)cn2)CC1. The van der Waals surface area contributed by atoms with Crippen molar-refractivity contribution in [2.75, 3.05) is 0 Å². The normalized spacial score (nSPS) is 16.0. The molecule has 2 heterocycles. The maximum absolute atomic E-state index is 12.4. The highest BCUT2D eigenvalue weighted by atomic mass is 19.3. The molecule has 0 unspecified atom stereocenters. The van der Waals surface area contributed by atoms with Crippen molar-refractivity contribution in [3.05, 3.63) is 29.9 Å². The lowest BCUT2D eigenvalue weighted by molar-refractivity contribution is 0.0930. The maximum Gasteiger partial charge on any atom is 0.314 e. The highest BCUT2D eigenvalue weighted by molar-refractivity contribution is 5.93. The van der Waals surface area contributed by atoms with E-state index in [1.54, 1.807) is 0 Å². The predicted octanol–water partition coefficient (Wildman–Crippen LogP) is 2.35. The summed E-state index contributed by atoms with van der Waals surface area (Å²) in [4.78, 5) is 15.9. The molecule has 1 amide bonds. The van der Waals surface area contributed by atoms with Gasteiger partial charge in [-0.2, -0.15) is 8.78 Å². The van der Waals surface area contributed by atoms with E-state index in [2.05, 4.69) is 20.5 Å². The number of halogens is 2. The van der Waals surface area contributed by atoms with Crippen LogP contribution < -0.4 is 5.32 Å². The Morgan fingerprint density at radius 2 is 2.14 bits per heavy atom. The monoisotopic (exact) mass is 294 g/mol. The van der Waals surface area contributed by atoms with Gasteiger partial charge in [0.15, 0.2) is 0 Å². The third kappa shape index (κ3) is 2.88. The molecular formula is C13H12F2N4O2. The molecule has 0 atom stereocenters. The maximum atomic E-state index is 12.4. The molecule has 2 aromatic rings. The third-order valence-electron chi connectivity index (χ3n) is 3.29. The molecule has 1 saturated carbocycles. The number of pyridine rings is 1. The Balaban J connectivity index is 1.75. The summed E-state index contributed by atoms with van der Waals surface area (Å²) >= 11 is 0. The highest BCUT2D eigenvalue weighted by Crippen LogP contribution is 2.34. The van der Waals surface area contributed by atoms with Crippen LogP contribution in [-0.4, -0.2) is 26.6 Å². The average molecular weight is 294 g/mol. The van der Waals surface area contributed by atoms with E-state index < -0.39 is 12.3 Å². The van der Waals surface area contributed by atoms with E-state index in [0.717, 1.165) is 12.8 Å². The summed E-state index contributed by atoms with van der Waals surface area (Å²) in [7, 11) is 0. The number of amides is 1. The average Bonchev–Trinajstić information content (AvgIpc) is 3.00. The molecule has 2 aromatic heterocycles. The van der Waals surface area contributed by atoms with Crippen molar-refractivity contribution < 1.29 is 18.0 Å². The van der Waals surface area contributed by atoms with Gasteiger partial charge < -0.3 is 9.73 Å². The smallest absolute Gasteiger partial charge is 0.314 e. The van der Waals surface area contributed by atoms with Gasteiger partial charge in [0.2, 0.25) is 5.89 Å². The highest BCUT2D eigenvalue weighted by Gasteiger charge is 2.39. The molecule has 6 nitrogen and oxygen atoms in total. The fourth-order valence-electron chi connectivity index (χ4n) is 1.74. The number of alkyl halides is 2. The predicted molar refractivity (Wildman–Crippen MR) is 67.6 cm³/mol. The molecular weight excluding hydrogens is 282 g/mol. The summed E-state index contributed by atoms with van der Waals surface area (Å²) in [6.45, 7) is 1.96. The van der Waals surface area contributed by atoms with Crippen molar-refractivity contribution in [1.29, 1.82) is 0 Å². The summed E-state index contributed by atoms with van der Waals surface area (Å²) < 4.78 is 29.5. The quantitative estimate of drug-likeness (QED) is 0.936. The molecule has 1 fully saturated rings. The van der Waals surface area contributed by atoms with Crippen LogP contribution in [0.3, 0.4) is 0 Å². The number of nitrogens with zero attached hydrogens (tertiary/aromatic N) is 3.